The molecular formula is C14H27NO. The molecule has 0 spiro atoms. The molecule has 0 saturated heterocycles. The molecule has 16 heavy (non-hydrogen) atoms. The third kappa shape index (κ3) is 6.14. The molecule has 2 nitrogen and oxygen atoms in total. The lowest BCUT2D eigenvalue weighted by Gasteiger charge is -2.21. The fourth-order valence-corrected chi connectivity index (χ4v) is 2.40. The van der Waals surface area contributed by atoms with Crippen LogP contribution in [0.5, 0.6) is 0 Å². The van der Waals surface area contributed by atoms with E-state index in [-0.39, 0.29) is 5.91 Å². The SMILES string of the molecule is CC(C)CCNC(=O)CCC1CCCCC1. The van der Waals surface area contributed by atoms with Crippen LogP contribution in [-0.4, -0.2) is 12.5 Å². The average Bonchev–Trinajstić information content (AvgIpc) is 2.27. The number of hydrogen-bond donors (Lipinski definition) is 1. The Hall–Kier alpha value is -0.530. The zero-order valence-corrected chi connectivity index (χ0v) is 10.9. The predicted octanol–water partition coefficient (Wildman–Crippen LogP) is 3.51. The van der Waals surface area contributed by atoms with Crippen LogP contribution in [0.25, 0.3) is 0 Å². The van der Waals surface area contributed by atoms with Crippen molar-refractivity contribution in [2.45, 2.75) is 65.2 Å². The minimum absolute atomic E-state index is 0.256. The van der Waals surface area contributed by atoms with E-state index in [2.05, 4.69) is 19.2 Å². The third-order valence-corrected chi connectivity index (χ3v) is 3.55. The molecule has 0 aromatic heterocycles. The second kappa shape index (κ2) is 7.70. The summed E-state index contributed by atoms with van der Waals surface area (Å²) in [5.41, 5.74) is 0. The Kier molecular flexibility index (Phi) is 6.51. The van der Waals surface area contributed by atoms with Gasteiger partial charge in [-0.15, -0.1) is 0 Å². The lowest BCUT2D eigenvalue weighted by Crippen LogP contribution is -2.25. The third-order valence-electron chi connectivity index (χ3n) is 3.55. The molecule has 1 rings (SSSR count). The van der Waals surface area contributed by atoms with E-state index in [4.69, 9.17) is 0 Å². The Morgan fingerprint density at radius 1 is 1.25 bits per heavy atom. The van der Waals surface area contributed by atoms with Crippen LogP contribution < -0.4 is 5.32 Å². The fraction of sp³-hybridized carbons (Fsp3) is 0.929. The Bertz CT molecular complexity index is 195. The maximum absolute atomic E-state index is 11.6. The summed E-state index contributed by atoms with van der Waals surface area (Å²) in [7, 11) is 0. The molecule has 1 aliphatic carbocycles. The summed E-state index contributed by atoms with van der Waals surface area (Å²) in [5.74, 6) is 1.76. The van der Waals surface area contributed by atoms with Crippen molar-refractivity contribution in [1.82, 2.24) is 5.32 Å². The van der Waals surface area contributed by atoms with E-state index in [1.54, 1.807) is 0 Å². The first-order valence-corrected chi connectivity index (χ1v) is 6.95. The van der Waals surface area contributed by atoms with Gasteiger partial charge in [0.15, 0.2) is 0 Å². The molecule has 1 amide bonds. The van der Waals surface area contributed by atoms with Crippen molar-refractivity contribution in [3.05, 3.63) is 0 Å². The number of hydrogen-bond acceptors (Lipinski definition) is 1. The summed E-state index contributed by atoms with van der Waals surface area (Å²) in [6.07, 6.45) is 9.78. The van der Waals surface area contributed by atoms with Gasteiger partial charge in [0.25, 0.3) is 0 Å². The lowest BCUT2D eigenvalue weighted by atomic mass is 9.86. The molecule has 1 fully saturated rings. The van der Waals surface area contributed by atoms with Gasteiger partial charge < -0.3 is 5.32 Å². The van der Waals surface area contributed by atoms with Crippen molar-refractivity contribution < 1.29 is 4.79 Å². The van der Waals surface area contributed by atoms with E-state index >= 15 is 0 Å². The molecule has 0 atom stereocenters. The van der Waals surface area contributed by atoms with Crippen molar-refractivity contribution in [1.29, 1.82) is 0 Å². The standard InChI is InChI=1S/C14H27NO/c1-12(2)10-11-15-14(16)9-8-13-6-4-3-5-7-13/h12-13H,3-11H2,1-2H3,(H,15,16). The maximum Gasteiger partial charge on any atom is 0.220 e. The zero-order chi connectivity index (χ0) is 11.8. The average molecular weight is 225 g/mol. The van der Waals surface area contributed by atoms with Gasteiger partial charge in [-0.25, -0.2) is 0 Å². The van der Waals surface area contributed by atoms with Crippen molar-refractivity contribution in [2.24, 2.45) is 11.8 Å². The number of rotatable bonds is 6. The minimum Gasteiger partial charge on any atom is -0.356 e. The summed E-state index contributed by atoms with van der Waals surface area (Å²) in [4.78, 5) is 11.6. The van der Waals surface area contributed by atoms with Gasteiger partial charge in [-0.3, -0.25) is 4.79 Å². The Morgan fingerprint density at radius 3 is 2.56 bits per heavy atom. The van der Waals surface area contributed by atoms with E-state index in [0.29, 0.717) is 5.92 Å². The molecule has 0 unspecified atom stereocenters. The topological polar surface area (TPSA) is 29.1 Å². The summed E-state index contributed by atoms with van der Waals surface area (Å²) >= 11 is 0. The highest BCUT2D eigenvalue weighted by Gasteiger charge is 2.14. The molecule has 0 heterocycles. The predicted molar refractivity (Wildman–Crippen MR) is 68.3 cm³/mol. The van der Waals surface area contributed by atoms with Gasteiger partial charge in [0, 0.05) is 13.0 Å². The van der Waals surface area contributed by atoms with Crippen molar-refractivity contribution >= 4 is 5.91 Å². The first kappa shape index (κ1) is 13.5. The van der Waals surface area contributed by atoms with E-state index in [0.717, 1.165) is 31.7 Å². The summed E-state index contributed by atoms with van der Waals surface area (Å²) in [6.45, 7) is 5.23. The van der Waals surface area contributed by atoms with Crippen LogP contribution in [0.2, 0.25) is 0 Å². The normalized spacial score (nSPS) is 17.7. The summed E-state index contributed by atoms with van der Waals surface area (Å²) in [6, 6.07) is 0. The first-order chi connectivity index (χ1) is 7.68. The van der Waals surface area contributed by atoms with Crippen LogP contribution in [0.1, 0.15) is 65.2 Å². The smallest absolute Gasteiger partial charge is 0.220 e. The summed E-state index contributed by atoms with van der Waals surface area (Å²) < 4.78 is 0. The molecule has 1 aliphatic rings. The largest absolute Gasteiger partial charge is 0.356 e. The molecule has 0 radical (unpaired) electrons. The van der Waals surface area contributed by atoms with E-state index in [1.165, 1.54) is 32.1 Å². The van der Waals surface area contributed by atoms with Gasteiger partial charge >= 0.3 is 0 Å². The second-order valence-electron chi connectivity index (χ2n) is 5.58. The van der Waals surface area contributed by atoms with Crippen LogP contribution >= 0.6 is 0 Å². The zero-order valence-electron chi connectivity index (χ0n) is 10.9. The monoisotopic (exact) mass is 225 g/mol. The number of amides is 1. The van der Waals surface area contributed by atoms with Crippen LogP contribution in [0.3, 0.4) is 0 Å². The van der Waals surface area contributed by atoms with Crippen molar-refractivity contribution in [3.8, 4) is 0 Å². The Labute approximate surface area is 100 Å². The van der Waals surface area contributed by atoms with Gasteiger partial charge in [-0.2, -0.15) is 0 Å². The molecular weight excluding hydrogens is 198 g/mol. The van der Waals surface area contributed by atoms with Crippen LogP contribution in [0, 0.1) is 11.8 Å². The van der Waals surface area contributed by atoms with Crippen LogP contribution in [0.4, 0.5) is 0 Å². The highest BCUT2D eigenvalue weighted by atomic mass is 16.1. The highest BCUT2D eigenvalue weighted by Crippen LogP contribution is 2.27. The molecule has 0 aliphatic heterocycles. The van der Waals surface area contributed by atoms with E-state index < -0.39 is 0 Å². The molecule has 94 valence electrons. The summed E-state index contributed by atoms with van der Waals surface area (Å²) in [5, 5.41) is 3.01. The van der Waals surface area contributed by atoms with Gasteiger partial charge in [-0.1, -0.05) is 46.0 Å². The maximum atomic E-state index is 11.6. The number of nitrogens with one attached hydrogen (secondary N) is 1. The lowest BCUT2D eigenvalue weighted by molar-refractivity contribution is -0.121. The first-order valence-electron chi connectivity index (χ1n) is 6.95. The van der Waals surface area contributed by atoms with Crippen LogP contribution in [-0.2, 0) is 4.79 Å². The van der Waals surface area contributed by atoms with E-state index in [9.17, 15) is 4.79 Å². The highest BCUT2D eigenvalue weighted by molar-refractivity contribution is 5.75. The molecule has 1 N–H and O–H groups in total. The molecule has 2 heteroatoms. The molecule has 1 saturated carbocycles. The van der Waals surface area contributed by atoms with Crippen molar-refractivity contribution in [3.63, 3.8) is 0 Å². The second-order valence-corrected chi connectivity index (χ2v) is 5.58. The number of carbonyl (C=O) groups excluding carboxylic acids is 1. The van der Waals surface area contributed by atoms with Gasteiger partial charge in [0.2, 0.25) is 5.91 Å². The minimum atomic E-state index is 0.256. The fourth-order valence-electron chi connectivity index (χ4n) is 2.40. The van der Waals surface area contributed by atoms with Crippen molar-refractivity contribution in [2.75, 3.05) is 6.54 Å². The molecule has 0 bridgehead atoms. The van der Waals surface area contributed by atoms with Crippen LogP contribution in [0.15, 0.2) is 0 Å². The van der Waals surface area contributed by atoms with E-state index in [1.807, 2.05) is 0 Å². The Balaban J connectivity index is 2.00. The van der Waals surface area contributed by atoms with Gasteiger partial charge in [0.05, 0.1) is 0 Å². The molecule has 0 aromatic carbocycles. The van der Waals surface area contributed by atoms with Gasteiger partial charge in [0.1, 0.15) is 0 Å². The van der Waals surface area contributed by atoms with Gasteiger partial charge in [-0.05, 0) is 24.7 Å². The number of carbonyl (C=O) groups is 1. The molecule has 0 aromatic rings. The quantitative estimate of drug-likeness (QED) is 0.736. The Morgan fingerprint density at radius 2 is 1.94 bits per heavy atom.